The summed E-state index contributed by atoms with van der Waals surface area (Å²) < 4.78 is 32.0. The fraction of sp³-hybridized carbons (Fsp3) is 0.278. The first-order chi connectivity index (χ1) is 12.7. The molecular weight excluding hydrogens is 360 g/mol. The van der Waals surface area contributed by atoms with Gasteiger partial charge in [0, 0.05) is 29.8 Å². The van der Waals surface area contributed by atoms with Crippen molar-refractivity contribution < 1.29 is 23.2 Å². The van der Waals surface area contributed by atoms with E-state index in [1.807, 2.05) is 0 Å². The van der Waals surface area contributed by atoms with E-state index in [9.17, 15) is 23.7 Å². The maximum Gasteiger partial charge on any atom is 0.271 e. The van der Waals surface area contributed by atoms with Gasteiger partial charge in [-0.25, -0.2) is 8.78 Å². The number of nitrogens with one attached hydrogen (secondary N) is 2. The third-order valence-electron chi connectivity index (χ3n) is 3.97. The van der Waals surface area contributed by atoms with Crippen molar-refractivity contribution in [2.45, 2.75) is 25.9 Å². The third-order valence-corrected chi connectivity index (χ3v) is 3.97. The molecular formula is C18H19F2N3O4. The van der Waals surface area contributed by atoms with Crippen LogP contribution in [-0.2, 0) is 4.79 Å². The summed E-state index contributed by atoms with van der Waals surface area (Å²) in [5.41, 5.74) is 0.156. The van der Waals surface area contributed by atoms with Gasteiger partial charge in [0.15, 0.2) is 0 Å². The maximum absolute atomic E-state index is 13.9. The minimum absolute atomic E-state index is 0.144. The van der Waals surface area contributed by atoms with Gasteiger partial charge in [-0.3, -0.25) is 20.2 Å². The number of nitro benzene ring substituents is 1. The Labute approximate surface area is 154 Å². The second kappa shape index (κ2) is 8.54. The molecule has 0 aliphatic heterocycles. The second-order valence-electron chi connectivity index (χ2n) is 5.91. The predicted octanol–water partition coefficient (Wildman–Crippen LogP) is 3.56. The Morgan fingerprint density at radius 2 is 1.89 bits per heavy atom. The van der Waals surface area contributed by atoms with Crippen molar-refractivity contribution in [1.82, 2.24) is 5.32 Å². The van der Waals surface area contributed by atoms with Crippen LogP contribution in [0.5, 0.6) is 5.75 Å². The summed E-state index contributed by atoms with van der Waals surface area (Å²) in [5.74, 6) is -1.64. The highest BCUT2D eigenvalue weighted by atomic mass is 19.1. The average Bonchev–Trinajstić information content (AvgIpc) is 2.61. The van der Waals surface area contributed by atoms with E-state index in [0.717, 1.165) is 12.1 Å². The molecule has 0 bridgehead atoms. The Bertz CT molecular complexity index is 860. The number of carbonyl (C=O) groups excluding carboxylic acids is 1. The van der Waals surface area contributed by atoms with E-state index < -0.39 is 34.5 Å². The highest BCUT2D eigenvalue weighted by molar-refractivity contribution is 5.96. The molecule has 1 amide bonds. The lowest BCUT2D eigenvalue weighted by atomic mass is 10.1. The first kappa shape index (κ1) is 20.2. The molecule has 0 radical (unpaired) electrons. The first-order valence-electron chi connectivity index (χ1n) is 8.07. The Kier molecular flexibility index (Phi) is 6.40. The molecule has 2 rings (SSSR count). The van der Waals surface area contributed by atoms with E-state index >= 15 is 0 Å². The smallest absolute Gasteiger partial charge is 0.271 e. The number of hydrogen-bond donors (Lipinski definition) is 2. The maximum atomic E-state index is 13.9. The van der Waals surface area contributed by atoms with Crippen LogP contribution >= 0.6 is 0 Å². The molecule has 0 spiro atoms. The Morgan fingerprint density at radius 3 is 2.48 bits per heavy atom. The number of benzene rings is 2. The van der Waals surface area contributed by atoms with Crippen molar-refractivity contribution in [2.24, 2.45) is 0 Å². The molecule has 0 heterocycles. The number of ether oxygens (including phenoxy) is 1. The Hall–Kier alpha value is -3.07. The number of hydrogen-bond acceptors (Lipinski definition) is 5. The highest BCUT2D eigenvalue weighted by Crippen LogP contribution is 2.29. The molecule has 0 aromatic heterocycles. The summed E-state index contributed by atoms with van der Waals surface area (Å²) >= 11 is 0. The van der Waals surface area contributed by atoms with Gasteiger partial charge >= 0.3 is 0 Å². The largest absolute Gasteiger partial charge is 0.495 e. The van der Waals surface area contributed by atoms with Crippen molar-refractivity contribution in [1.29, 1.82) is 0 Å². The summed E-state index contributed by atoms with van der Waals surface area (Å²) in [4.78, 5) is 22.7. The molecule has 9 heteroatoms. The topological polar surface area (TPSA) is 93.5 Å². The Morgan fingerprint density at radius 1 is 1.19 bits per heavy atom. The second-order valence-corrected chi connectivity index (χ2v) is 5.91. The lowest BCUT2D eigenvalue weighted by molar-refractivity contribution is -0.384. The summed E-state index contributed by atoms with van der Waals surface area (Å²) in [6.07, 6.45) is 0. The van der Waals surface area contributed by atoms with Crippen LogP contribution in [0.4, 0.5) is 20.2 Å². The van der Waals surface area contributed by atoms with E-state index in [2.05, 4.69) is 10.6 Å². The standard InChI is InChI=1S/C18H19F2N3O4/c1-10(14-6-4-12(19)8-15(14)20)21-11(2)18(24)22-16-9-13(23(25)26)5-7-17(16)27-3/h4-11,21H,1-3H3,(H,22,24)/t10-,11+/m0/s1. The van der Waals surface area contributed by atoms with Gasteiger partial charge in [0.05, 0.1) is 23.8 Å². The summed E-state index contributed by atoms with van der Waals surface area (Å²) in [6, 6.07) is 5.69. The number of nitrogens with zero attached hydrogens (tertiary/aromatic N) is 1. The lowest BCUT2D eigenvalue weighted by Gasteiger charge is -2.21. The number of amides is 1. The molecule has 0 aliphatic carbocycles. The number of anilines is 1. The summed E-state index contributed by atoms with van der Waals surface area (Å²) in [5, 5.41) is 16.4. The van der Waals surface area contributed by atoms with Crippen molar-refractivity contribution in [3.8, 4) is 5.75 Å². The van der Waals surface area contributed by atoms with Crippen molar-refractivity contribution >= 4 is 17.3 Å². The fourth-order valence-electron chi connectivity index (χ4n) is 2.54. The van der Waals surface area contributed by atoms with Crippen LogP contribution < -0.4 is 15.4 Å². The number of non-ortho nitro benzene ring substituents is 1. The van der Waals surface area contributed by atoms with Crippen LogP contribution in [0.1, 0.15) is 25.5 Å². The van der Waals surface area contributed by atoms with Crippen LogP contribution in [0, 0.1) is 21.7 Å². The molecule has 0 fully saturated rings. The lowest BCUT2D eigenvalue weighted by Crippen LogP contribution is -2.39. The molecule has 2 N–H and O–H groups in total. The zero-order valence-corrected chi connectivity index (χ0v) is 15.0. The first-order valence-corrected chi connectivity index (χ1v) is 8.07. The van der Waals surface area contributed by atoms with Gasteiger partial charge in [0.1, 0.15) is 17.4 Å². The van der Waals surface area contributed by atoms with Crippen LogP contribution in [-0.4, -0.2) is 24.0 Å². The molecule has 0 aliphatic rings. The zero-order chi connectivity index (χ0) is 20.1. The van der Waals surface area contributed by atoms with Crippen molar-refractivity contribution in [3.63, 3.8) is 0 Å². The number of nitro groups is 1. The zero-order valence-electron chi connectivity index (χ0n) is 15.0. The minimum atomic E-state index is -0.770. The number of rotatable bonds is 7. The van der Waals surface area contributed by atoms with Gasteiger partial charge in [0.2, 0.25) is 5.91 Å². The molecule has 27 heavy (non-hydrogen) atoms. The molecule has 2 atom stereocenters. The summed E-state index contributed by atoms with van der Waals surface area (Å²) in [7, 11) is 1.37. The number of halogens is 2. The van der Waals surface area contributed by atoms with Crippen molar-refractivity contribution in [3.05, 3.63) is 63.7 Å². The van der Waals surface area contributed by atoms with E-state index in [-0.39, 0.29) is 22.7 Å². The highest BCUT2D eigenvalue weighted by Gasteiger charge is 2.21. The molecule has 0 saturated carbocycles. The number of methoxy groups -OCH3 is 1. The fourth-order valence-corrected chi connectivity index (χ4v) is 2.54. The molecule has 2 aromatic rings. The molecule has 0 saturated heterocycles. The predicted molar refractivity (Wildman–Crippen MR) is 95.6 cm³/mol. The number of carbonyl (C=O) groups is 1. The van der Waals surface area contributed by atoms with Crippen LogP contribution in [0.15, 0.2) is 36.4 Å². The molecule has 144 valence electrons. The summed E-state index contributed by atoms with van der Waals surface area (Å²) in [6.45, 7) is 3.19. The monoisotopic (exact) mass is 379 g/mol. The molecule has 2 aromatic carbocycles. The normalized spacial score (nSPS) is 12.9. The van der Waals surface area contributed by atoms with Gasteiger partial charge in [0.25, 0.3) is 5.69 Å². The van der Waals surface area contributed by atoms with E-state index in [0.29, 0.717) is 0 Å². The van der Waals surface area contributed by atoms with Gasteiger partial charge in [-0.05, 0) is 26.0 Å². The van der Waals surface area contributed by atoms with Crippen LogP contribution in [0.3, 0.4) is 0 Å². The SMILES string of the molecule is COc1ccc([N+](=O)[O-])cc1NC(=O)[C@@H](C)N[C@@H](C)c1ccc(F)cc1F. The van der Waals surface area contributed by atoms with Crippen LogP contribution in [0.2, 0.25) is 0 Å². The van der Waals surface area contributed by atoms with Crippen molar-refractivity contribution in [2.75, 3.05) is 12.4 Å². The van der Waals surface area contributed by atoms with E-state index in [1.165, 1.54) is 31.4 Å². The third kappa shape index (κ3) is 4.98. The van der Waals surface area contributed by atoms with Gasteiger partial charge in [-0.1, -0.05) is 6.07 Å². The van der Waals surface area contributed by atoms with E-state index in [4.69, 9.17) is 4.74 Å². The van der Waals surface area contributed by atoms with Gasteiger partial charge in [-0.2, -0.15) is 0 Å². The van der Waals surface area contributed by atoms with Crippen LogP contribution in [0.25, 0.3) is 0 Å². The molecule has 7 nitrogen and oxygen atoms in total. The minimum Gasteiger partial charge on any atom is -0.495 e. The molecule has 0 unspecified atom stereocenters. The van der Waals surface area contributed by atoms with Gasteiger partial charge in [-0.15, -0.1) is 0 Å². The van der Waals surface area contributed by atoms with E-state index in [1.54, 1.807) is 13.8 Å². The average molecular weight is 379 g/mol. The van der Waals surface area contributed by atoms with Gasteiger partial charge < -0.3 is 10.1 Å². The Balaban J connectivity index is 2.11. The quantitative estimate of drug-likeness (QED) is 0.567.